The average Bonchev–Trinajstić information content (AvgIpc) is 3.12. The van der Waals surface area contributed by atoms with Crippen LogP contribution >= 0.6 is 0 Å². The van der Waals surface area contributed by atoms with Gasteiger partial charge in [0.2, 0.25) is 0 Å². The van der Waals surface area contributed by atoms with E-state index in [2.05, 4.69) is 53.6 Å². The van der Waals surface area contributed by atoms with Gasteiger partial charge in [0.25, 0.3) is 0 Å². The van der Waals surface area contributed by atoms with E-state index < -0.39 is 5.41 Å². The molecular formula is C45H91NO5. The van der Waals surface area contributed by atoms with Crippen molar-refractivity contribution in [2.75, 3.05) is 66.9 Å². The highest BCUT2D eigenvalue weighted by molar-refractivity contribution is 5.69. The van der Waals surface area contributed by atoms with E-state index in [0.29, 0.717) is 45.4 Å². The van der Waals surface area contributed by atoms with Crippen LogP contribution in [0, 0.1) is 17.3 Å². The molecule has 0 spiro atoms. The number of rotatable bonds is 41. The Kier molecular flexibility index (Phi) is 37.1. The number of esters is 1. The summed E-state index contributed by atoms with van der Waals surface area (Å²) in [5.74, 6) is 1.26. The van der Waals surface area contributed by atoms with Crippen LogP contribution in [0.1, 0.15) is 202 Å². The topological polar surface area (TPSA) is 57.2 Å². The fourth-order valence-corrected chi connectivity index (χ4v) is 7.13. The van der Waals surface area contributed by atoms with Gasteiger partial charge in [-0.1, -0.05) is 157 Å². The summed E-state index contributed by atoms with van der Waals surface area (Å²) in [5, 5.41) is 0. The zero-order chi connectivity index (χ0) is 37.7. The maximum atomic E-state index is 13.5. The van der Waals surface area contributed by atoms with Gasteiger partial charge >= 0.3 is 5.97 Å². The van der Waals surface area contributed by atoms with E-state index in [9.17, 15) is 4.79 Å². The summed E-state index contributed by atoms with van der Waals surface area (Å²) < 4.78 is 25.3. The standard InChI is InChI=1S/C45H91NO5/c1-8-13-18-20-22-26-35-48-38-45(39-49-36-27-23-21-19-14-9-2,40-50-37-28-24-25-34-46(6)7)41-51-44(47)33-32-43(31-17-12-5)42(29-15-10-3)30-16-11-4/h42-43H,8-41H2,1-7H3. The summed E-state index contributed by atoms with van der Waals surface area (Å²) in [6, 6.07) is 0. The summed E-state index contributed by atoms with van der Waals surface area (Å²) >= 11 is 0. The molecule has 306 valence electrons. The predicted octanol–water partition coefficient (Wildman–Crippen LogP) is 12.6. The smallest absolute Gasteiger partial charge is 0.305 e. The lowest BCUT2D eigenvalue weighted by atomic mass is 9.79. The highest BCUT2D eigenvalue weighted by atomic mass is 16.5. The number of unbranched alkanes of at least 4 members (excludes halogenated alkanes) is 15. The van der Waals surface area contributed by atoms with Crippen molar-refractivity contribution in [3.8, 4) is 0 Å². The molecule has 1 unspecified atom stereocenters. The average molecular weight is 726 g/mol. The molecule has 0 aliphatic rings. The van der Waals surface area contributed by atoms with Crippen LogP contribution in [-0.4, -0.2) is 77.8 Å². The number of nitrogens with zero attached hydrogens (tertiary/aromatic N) is 1. The summed E-state index contributed by atoms with van der Waals surface area (Å²) in [4.78, 5) is 15.7. The Labute approximate surface area is 319 Å². The Morgan fingerprint density at radius 3 is 1.25 bits per heavy atom. The number of hydrogen-bond acceptors (Lipinski definition) is 6. The zero-order valence-electron chi connectivity index (χ0n) is 35.7. The van der Waals surface area contributed by atoms with Crippen LogP contribution < -0.4 is 0 Å². The number of carbonyl (C=O) groups excluding carboxylic acids is 1. The van der Waals surface area contributed by atoms with Crippen LogP contribution in [0.25, 0.3) is 0 Å². The minimum Gasteiger partial charge on any atom is -0.465 e. The number of carbonyl (C=O) groups is 1. The molecule has 0 aliphatic carbocycles. The third kappa shape index (κ3) is 31.4. The van der Waals surface area contributed by atoms with Gasteiger partial charge < -0.3 is 23.8 Å². The van der Waals surface area contributed by atoms with Crippen molar-refractivity contribution >= 4 is 5.97 Å². The largest absolute Gasteiger partial charge is 0.465 e. The molecule has 51 heavy (non-hydrogen) atoms. The first-order chi connectivity index (χ1) is 24.9. The van der Waals surface area contributed by atoms with E-state index in [4.69, 9.17) is 18.9 Å². The predicted molar refractivity (Wildman–Crippen MR) is 220 cm³/mol. The van der Waals surface area contributed by atoms with Crippen molar-refractivity contribution < 1.29 is 23.7 Å². The lowest BCUT2D eigenvalue weighted by molar-refractivity contribution is -0.156. The van der Waals surface area contributed by atoms with Gasteiger partial charge in [-0.25, -0.2) is 0 Å². The first-order valence-electron chi connectivity index (χ1n) is 22.4. The molecule has 0 heterocycles. The molecule has 0 saturated carbocycles. The molecule has 0 fully saturated rings. The second-order valence-electron chi connectivity index (χ2n) is 16.2. The third-order valence-electron chi connectivity index (χ3n) is 10.6. The van der Waals surface area contributed by atoms with Crippen LogP contribution in [-0.2, 0) is 23.7 Å². The molecule has 0 aromatic carbocycles. The first kappa shape index (κ1) is 50.3. The molecule has 0 radical (unpaired) electrons. The van der Waals surface area contributed by atoms with E-state index in [1.54, 1.807) is 0 Å². The molecule has 0 aromatic heterocycles. The van der Waals surface area contributed by atoms with Crippen LogP contribution in [0.2, 0.25) is 0 Å². The second-order valence-corrected chi connectivity index (χ2v) is 16.2. The van der Waals surface area contributed by atoms with Crippen molar-refractivity contribution in [1.29, 1.82) is 0 Å². The Balaban J connectivity index is 5.55. The number of ether oxygens (including phenoxy) is 4. The molecule has 0 N–H and O–H groups in total. The summed E-state index contributed by atoms with van der Waals surface area (Å²) in [5.41, 5.74) is -0.490. The SMILES string of the molecule is CCCCCCCCOCC(COCCCCCCCC)(COCCCCCN(C)C)COC(=O)CCC(CCCC)C(CCCC)CCCC. The zero-order valence-corrected chi connectivity index (χ0v) is 35.7. The molecule has 0 aliphatic heterocycles. The summed E-state index contributed by atoms with van der Waals surface area (Å²) in [6.07, 6.45) is 31.0. The van der Waals surface area contributed by atoms with Gasteiger partial charge in [-0.2, -0.15) is 0 Å². The highest BCUT2D eigenvalue weighted by Crippen LogP contribution is 2.32. The molecule has 0 saturated heterocycles. The lowest BCUT2D eigenvalue weighted by Crippen LogP contribution is -2.42. The monoisotopic (exact) mass is 726 g/mol. The molecular weight excluding hydrogens is 634 g/mol. The minimum atomic E-state index is -0.490. The Hall–Kier alpha value is -0.690. The van der Waals surface area contributed by atoms with Gasteiger partial charge in [-0.15, -0.1) is 0 Å². The van der Waals surface area contributed by atoms with Gasteiger partial charge in [0, 0.05) is 26.2 Å². The summed E-state index contributed by atoms with van der Waals surface area (Å²) in [6.45, 7) is 16.5. The van der Waals surface area contributed by atoms with Crippen molar-refractivity contribution in [2.24, 2.45) is 17.3 Å². The first-order valence-corrected chi connectivity index (χ1v) is 22.4. The Bertz CT molecular complexity index is 689. The molecule has 0 rings (SSSR count). The molecule has 0 amide bonds. The van der Waals surface area contributed by atoms with E-state index in [-0.39, 0.29) is 5.97 Å². The minimum absolute atomic E-state index is 0.0684. The van der Waals surface area contributed by atoms with E-state index >= 15 is 0 Å². The van der Waals surface area contributed by atoms with Crippen LogP contribution in [0.15, 0.2) is 0 Å². The number of hydrogen-bond donors (Lipinski definition) is 0. The Morgan fingerprint density at radius 1 is 0.471 bits per heavy atom. The Morgan fingerprint density at radius 2 is 0.843 bits per heavy atom. The van der Waals surface area contributed by atoms with Gasteiger partial charge in [-0.05, 0) is 71.0 Å². The normalized spacial score (nSPS) is 12.7. The van der Waals surface area contributed by atoms with E-state index in [1.165, 1.54) is 128 Å². The van der Waals surface area contributed by atoms with Crippen molar-refractivity contribution in [3.63, 3.8) is 0 Å². The van der Waals surface area contributed by atoms with Gasteiger partial charge in [0.05, 0.1) is 25.2 Å². The molecule has 6 nitrogen and oxygen atoms in total. The quantitative estimate of drug-likeness (QED) is 0.0462. The lowest BCUT2D eigenvalue weighted by Gasteiger charge is -2.33. The molecule has 1 atom stereocenters. The van der Waals surface area contributed by atoms with E-state index in [0.717, 1.165) is 57.8 Å². The molecule has 6 heteroatoms. The van der Waals surface area contributed by atoms with Crippen LogP contribution in [0.3, 0.4) is 0 Å². The van der Waals surface area contributed by atoms with Crippen molar-refractivity contribution in [1.82, 2.24) is 4.90 Å². The molecule has 0 bridgehead atoms. The summed E-state index contributed by atoms with van der Waals surface area (Å²) in [7, 11) is 4.26. The van der Waals surface area contributed by atoms with E-state index in [1.807, 2.05) is 0 Å². The fourth-order valence-electron chi connectivity index (χ4n) is 7.13. The van der Waals surface area contributed by atoms with Gasteiger partial charge in [0.15, 0.2) is 0 Å². The maximum absolute atomic E-state index is 13.5. The van der Waals surface area contributed by atoms with Gasteiger partial charge in [0.1, 0.15) is 6.61 Å². The fraction of sp³-hybridized carbons (Fsp3) is 0.978. The van der Waals surface area contributed by atoms with Crippen molar-refractivity contribution in [2.45, 2.75) is 202 Å². The van der Waals surface area contributed by atoms with Gasteiger partial charge in [-0.3, -0.25) is 4.79 Å². The molecule has 0 aromatic rings. The van der Waals surface area contributed by atoms with Crippen molar-refractivity contribution in [3.05, 3.63) is 0 Å². The maximum Gasteiger partial charge on any atom is 0.305 e. The third-order valence-corrected chi connectivity index (χ3v) is 10.6. The van der Waals surface area contributed by atoms with Crippen LogP contribution in [0.4, 0.5) is 0 Å². The second kappa shape index (κ2) is 37.6. The highest BCUT2D eigenvalue weighted by Gasteiger charge is 2.34. The van der Waals surface area contributed by atoms with Crippen LogP contribution in [0.5, 0.6) is 0 Å².